The molecule has 2 aromatic rings. The smallest absolute Gasteiger partial charge is 0.387 e. The van der Waals surface area contributed by atoms with E-state index in [1.165, 1.54) is 12.1 Å². The molecular weight excluding hydrogens is 514 g/mol. The highest BCUT2D eigenvalue weighted by Crippen LogP contribution is 2.37. The molecule has 1 aromatic carbocycles. The number of benzene rings is 1. The van der Waals surface area contributed by atoms with Crippen LogP contribution in [0.1, 0.15) is 55.9 Å². The number of halogens is 3. The average molecular weight is 547 g/mol. The summed E-state index contributed by atoms with van der Waals surface area (Å²) in [6, 6.07) is 4.09. The molecule has 10 nitrogen and oxygen atoms in total. The zero-order chi connectivity index (χ0) is 26.4. The predicted octanol–water partition coefficient (Wildman–Crippen LogP) is 3.70. The molecule has 1 saturated carbocycles. The number of nitrogens with two attached hydrogens (primary N) is 1. The summed E-state index contributed by atoms with van der Waals surface area (Å²) >= 11 is 0. The molecule has 1 aromatic heterocycles. The van der Waals surface area contributed by atoms with Gasteiger partial charge in [-0.25, -0.2) is 4.98 Å². The Hall–Kier alpha value is -2.96. The Kier molecular flexibility index (Phi) is 11.1. The maximum Gasteiger partial charge on any atom is 0.387 e. The topological polar surface area (TPSA) is 140 Å². The second kappa shape index (κ2) is 13.5. The van der Waals surface area contributed by atoms with Gasteiger partial charge in [0.1, 0.15) is 0 Å². The quantitative estimate of drug-likeness (QED) is 0.452. The van der Waals surface area contributed by atoms with Gasteiger partial charge in [-0.1, -0.05) is 0 Å². The highest BCUT2D eigenvalue weighted by Gasteiger charge is 2.30. The summed E-state index contributed by atoms with van der Waals surface area (Å²) < 4.78 is 41.8. The summed E-state index contributed by atoms with van der Waals surface area (Å²) in [7, 11) is 0. The van der Waals surface area contributed by atoms with Crippen molar-refractivity contribution in [3.05, 3.63) is 29.7 Å². The van der Waals surface area contributed by atoms with E-state index in [4.69, 9.17) is 24.8 Å². The molecular formula is C24H33ClF2N4O6. The van der Waals surface area contributed by atoms with Crippen LogP contribution >= 0.6 is 12.4 Å². The van der Waals surface area contributed by atoms with Gasteiger partial charge in [0.2, 0.25) is 5.89 Å². The van der Waals surface area contributed by atoms with E-state index in [9.17, 15) is 13.6 Å². The number of piperazine rings is 1. The summed E-state index contributed by atoms with van der Waals surface area (Å²) in [6.07, 6.45) is 2.11. The Morgan fingerprint density at radius 1 is 1.32 bits per heavy atom. The second-order valence-corrected chi connectivity index (χ2v) is 8.94. The number of hydrogen-bond donors (Lipinski definition) is 3. The van der Waals surface area contributed by atoms with Gasteiger partial charge in [-0.15, -0.1) is 12.4 Å². The molecule has 1 saturated heterocycles. The van der Waals surface area contributed by atoms with Crippen LogP contribution < -0.4 is 20.5 Å². The van der Waals surface area contributed by atoms with Crippen LogP contribution in [0.2, 0.25) is 0 Å². The van der Waals surface area contributed by atoms with Crippen LogP contribution in [0.4, 0.5) is 8.78 Å². The molecule has 0 spiro atoms. The van der Waals surface area contributed by atoms with Gasteiger partial charge in [0.15, 0.2) is 23.0 Å². The van der Waals surface area contributed by atoms with Gasteiger partial charge in [0.05, 0.1) is 12.6 Å². The number of carboxylic acids is 1. The maximum atomic E-state index is 13.1. The summed E-state index contributed by atoms with van der Waals surface area (Å²) in [5.74, 6) is -0.0829. The molecule has 0 radical (unpaired) electrons. The number of amides is 1. The SMILES string of the molecule is CC(=O)O.CC1CN(C(=O)c2nc(-c3ccc(OC(F)F)c(OCC4CC4)c3)oc2C(C)N)CCN1.Cl. The van der Waals surface area contributed by atoms with E-state index in [-0.39, 0.29) is 53.2 Å². The van der Waals surface area contributed by atoms with Crippen molar-refractivity contribution in [1.29, 1.82) is 0 Å². The van der Waals surface area contributed by atoms with E-state index >= 15 is 0 Å². The minimum atomic E-state index is -2.97. The standard InChI is InChI=1S/C22H28F2N4O4.C2H4O2.ClH/c1-12-10-28(8-7-26-12)21(29)18-19(13(2)25)32-20(27-18)15-5-6-16(31-22(23)24)17(9-15)30-11-14-3-4-14;1-2(3)4;/h5-6,9,12-14,22,26H,3-4,7-8,10-11,25H2,1-2H3;1H3,(H,3,4);1H. The van der Waals surface area contributed by atoms with Gasteiger partial charge >= 0.3 is 6.61 Å². The molecule has 1 aliphatic heterocycles. The number of ether oxygens (including phenoxy) is 2. The van der Waals surface area contributed by atoms with Crippen LogP contribution in [0.15, 0.2) is 22.6 Å². The fraction of sp³-hybridized carbons (Fsp3) is 0.542. The number of alkyl halides is 2. The van der Waals surface area contributed by atoms with Crippen molar-refractivity contribution in [3.63, 3.8) is 0 Å². The average Bonchev–Trinajstić information content (AvgIpc) is 3.52. The number of carbonyl (C=O) groups is 2. The molecule has 2 atom stereocenters. The summed E-state index contributed by atoms with van der Waals surface area (Å²) in [5.41, 5.74) is 6.70. The highest BCUT2D eigenvalue weighted by atomic mass is 35.5. The fourth-order valence-electron chi connectivity index (χ4n) is 3.62. The van der Waals surface area contributed by atoms with Crippen molar-refractivity contribution in [2.45, 2.75) is 52.3 Å². The van der Waals surface area contributed by atoms with Crippen LogP contribution in [-0.2, 0) is 4.79 Å². The molecule has 2 aliphatic rings. The first-order chi connectivity index (χ1) is 17.0. The number of carboxylic acid groups (broad SMARTS) is 1. The third-order valence-corrected chi connectivity index (χ3v) is 5.50. The molecule has 13 heteroatoms. The van der Waals surface area contributed by atoms with Crippen LogP contribution in [-0.4, -0.2) is 65.8 Å². The Bertz CT molecular complexity index is 1060. The van der Waals surface area contributed by atoms with Gasteiger partial charge in [-0.05, 0) is 50.8 Å². The lowest BCUT2D eigenvalue weighted by molar-refractivity contribution is -0.134. The summed E-state index contributed by atoms with van der Waals surface area (Å²) in [4.78, 5) is 28.3. The maximum absolute atomic E-state index is 13.1. The number of oxazole rings is 1. The van der Waals surface area contributed by atoms with E-state index in [1.807, 2.05) is 6.92 Å². The van der Waals surface area contributed by atoms with Crippen molar-refractivity contribution in [3.8, 4) is 23.0 Å². The molecule has 1 amide bonds. The van der Waals surface area contributed by atoms with E-state index in [0.29, 0.717) is 37.7 Å². The normalized spacial score (nSPS) is 17.8. The van der Waals surface area contributed by atoms with Crippen LogP contribution in [0, 0.1) is 5.92 Å². The lowest BCUT2D eigenvalue weighted by Crippen LogP contribution is -2.51. The number of aliphatic carboxylic acids is 1. The van der Waals surface area contributed by atoms with Crippen LogP contribution in [0.25, 0.3) is 11.5 Å². The van der Waals surface area contributed by atoms with Crippen molar-refractivity contribution < 1.29 is 37.4 Å². The number of aromatic nitrogens is 1. The molecule has 4 rings (SSSR count). The lowest BCUT2D eigenvalue weighted by atomic mass is 10.1. The summed E-state index contributed by atoms with van der Waals surface area (Å²) in [6.45, 7) is 4.06. The van der Waals surface area contributed by atoms with Crippen LogP contribution in [0.3, 0.4) is 0 Å². The fourth-order valence-corrected chi connectivity index (χ4v) is 3.62. The second-order valence-electron chi connectivity index (χ2n) is 8.94. The Morgan fingerprint density at radius 2 is 2.00 bits per heavy atom. The molecule has 1 aliphatic carbocycles. The molecule has 0 bridgehead atoms. The third kappa shape index (κ3) is 8.83. The zero-order valence-electron chi connectivity index (χ0n) is 20.9. The first-order valence-corrected chi connectivity index (χ1v) is 11.8. The van der Waals surface area contributed by atoms with Crippen molar-refractivity contribution in [1.82, 2.24) is 15.2 Å². The van der Waals surface area contributed by atoms with Gasteiger partial charge in [0.25, 0.3) is 11.9 Å². The number of nitrogens with one attached hydrogen (secondary N) is 1. The Morgan fingerprint density at radius 3 is 2.57 bits per heavy atom. The van der Waals surface area contributed by atoms with Gasteiger partial charge in [0, 0.05) is 38.2 Å². The zero-order valence-corrected chi connectivity index (χ0v) is 21.7. The monoisotopic (exact) mass is 546 g/mol. The van der Waals surface area contributed by atoms with E-state index < -0.39 is 18.6 Å². The first kappa shape index (κ1) is 30.3. The number of hydrogen-bond acceptors (Lipinski definition) is 8. The first-order valence-electron chi connectivity index (χ1n) is 11.8. The molecule has 37 heavy (non-hydrogen) atoms. The van der Waals surface area contributed by atoms with Gasteiger partial charge in [-0.3, -0.25) is 9.59 Å². The lowest BCUT2D eigenvalue weighted by Gasteiger charge is -2.31. The largest absolute Gasteiger partial charge is 0.489 e. The van der Waals surface area contributed by atoms with E-state index in [0.717, 1.165) is 19.8 Å². The minimum absolute atomic E-state index is 0. The van der Waals surface area contributed by atoms with Gasteiger partial charge in [-0.2, -0.15) is 8.78 Å². The van der Waals surface area contributed by atoms with E-state index in [1.54, 1.807) is 17.9 Å². The molecule has 206 valence electrons. The van der Waals surface area contributed by atoms with Crippen LogP contribution in [0.5, 0.6) is 11.5 Å². The molecule has 2 heterocycles. The minimum Gasteiger partial charge on any atom is -0.489 e. The number of rotatable bonds is 8. The van der Waals surface area contributed by atoms with Crippen molar-refractivity contribution >= 4 is 24.3 Å². The highest BCUT2D eigenvalue weighted by molar-refractivity contribution is 5.94. The Balaban J connectivity index is 0.000000898. The summed E-state index contributed by atoms with van der Waals surface area (Å²) in [5, 5.41) is 10.7. The Labute approximate surface area is 219 Å². The van der Waals surface area contributed by atoms with Gasteiger partial charge < -0.3 is 34.9 Å². The van der Waals surface area contributed by atoms with Crippen molar-refractivity contribution in [2.75, 3.05) is 26.2 Å². The third-order valence-electron chi connectivity index (χ3n) is 5.50. The molecule has 2 fully saturated rings. The van der Waals surface area contributed by atoms with E-state index in [2.05, 4.69) is 15.0 Å². The number of carbonyl (C=O) groups excluding carboxylic acids is 1. The molecule has 2 unspecified atom stereocenters. The number of nitrogens with zero attached hydrogens (tertiary/aromatic N) is 2. The predicted molar refractivity (Wildman–Crippen MR) is 133 cm³/mol. The molecule has 4 N–H and O–H groups in total. The van der Waals surface area contributed by atoms with Crippen molar-refractivity contribution in [2.24, 2.45) is 11.7 Å².